The Labute approximate surface area is 107 Å². The average Bonchev–Trinajstić information content (AvgIpc) is 2.20. The van der Waals surface area contributed by atoms with Crippen molar-refractivity contribution in [2.45, 2.75) is 27.2 Å². The van der Waals surface area contributed by atoms with Gasteiger partial charge in [0, 0.05) is 0 Å². The second-order valence-electron chi connectivity index (χ2n) is 5.15. The number of carbonyl (C=O) groups excluding carboxylic acids is 1. The lowest BCUT2D eigenvalue weighted by Crippen LogP contribution is -2.14. The molecule has 0 amide bonds. The second-order valence-corrected chi connectivity index (χ2v) is 5.55. The van der Waals surface area contributed by atoms with E-state index in [4.69, 9.17) is 22.1 Å². The van der Waals surface area contributed by atoms with Crippen molar-refractivity contribution in [2.24, 2.45) is 5.41 Å². The average molecular weight is 256 g/mol. The summed E-state index contributed by atoms with van der Waals surface area (Å²) in [7, 11) is 0. The third-order valence-corrected chi connectivity index (χ3v) is 2.69. The topological polar surface area (TPSA) is 52.3 Å². The van der Waals surface area contributed by atoms with E-state index < -0.39 is 5.97 Å². The molecule has 0 aromatic heterocycles. The van der Waals surface area contributed by atoms with Gasteiger partial charge >= 0.3 is 5.97 Å². The molecule has 0 fully saturated rings. The molecule has 0 aliphatic heterocycles. The van der Waals surface area contributed by atoms with Crippen LogP contribution < -0.4 is 5.73 Å². The lowest BCUT2D eigenvalue weighted by molar-refractivity contribution is 0.0466. The van der Waals surface area contributed by atoms with E-state index in [1.165, 1.54) is 0 Å². The van der Waals surface area contributed by atoms with Gasteiger partial charge in [0.1, 0.15) is 0 Å². The van der Waals surface area contributed by atoms with Crippen molar-refractivity contribution in [2.75, 3.05) is 12.3 Å². The van der Waals surface area contributed by atoms with Crippen molar-refractivity contribution in [3.05, 3.63) is 28.8 Å². The number of halogens is 1. The minimum absolute atomic E-state index is 0.139. The van der Waals surface area contributed by atoms with Gasteiger partial charge in [-0.3, -0.25) is 0 Å². The number of esters is 1. The Kier molecular flexibility index (Phi) is 4.40. The molecule has 0 radical (unpaired) electrons. The van der Waals surface area contributed by atoms with Crippen molar-refractivity contribution in [1.29, 1.82) is 0 Å². The quantitative estimate of drug-likeness (QED) is 0.664. The number of nitrogen functional groups attached to an aromatic ring is 1. The Morgan fingerprint density at radius 3 is 2.65 bits per heavy atom. The van der Waals surface area contributed by atoms with Gasteiger partial charge in [0.25, 0.3) is 0 Å². The molecule has 0 saturated heterocycles. The Bertz CT molecular complexity index is 410. The first kappa shape index (κ1) is 13.8. The zero-order valence-corrected chi connectivity index (χ0v) is 11.2. The molecule has 0 atom stereocenters. The largest absolute Gasteiger partial charge is 0.462 e. The smallest absolute Gasteiger partial charge is 0.340 e. The van der Waals surface area contributed by atoms with E-state index in [2.05, 4.69) is 20.8 Å². The molecule has 0 aliphatic carbocycles. The molecule has 94 valence electrons. The predicted octanol–water partition coefficient (Wildman–Crippen LogP) is 3.52. The minimum Gasteiger partial charge on any atom is -0.462 e. The summed E-state index contributed by atoms with van der Waals surface area (Å²) < 4.78 is 5.16. The summed E-state index contributed by atoms with van der Waals surface area (Å²) in [6.45, 7) is 6.66. The van der Waals surface area contributed by atoms with Crippen LogP contribution >= 0.6 is 11.6 Å². The van der Waals surface area contributed by atoms with Crippen LogP contribution in [0.1, 0.15) is 37.6 Å². The number of nitrogens with two attached hydrogens (primary N) is 1. The number of rotatable bonds is 3. The van der Waals surface area contributed by atoms with Crippen molar-refractivity contribution in [1.82, 2.24) is 0 Å². The van der Waals surface area contributed by atoms with E-state index in [-0.39, 0.29) is 11.1 Å². The summed E-state index contributed by atoms with van der Waals surface area (Å²) in [4.78, 5) is 11.7. The first-order valence-electron chi connectivity index (χ1n) is 5.52. The highest BCUT2D eigenvalue weighted by molar-refractivity contribution is 6.33. The van der Waals surface area contributed by atoms with Gasteiger partial charge in [-0.2, -0.15) is 0 Å². The summed E-state index contributed by atoms with van der Waals surface area (Å²) >= 11 is 5.83. The SMILES string of the molecule is CC(C)(C)CCOC(=O)c1cccc(Cl)c1N. The van der Waals surface area contributed by atoms with E-state index in [1.54, 1.807) is 18.2 Å². The van der Waals surface area contributed by atoms with E-state index in [9.17, 15) is 4.79 Å². The van der Waals surface area contributed by atoms with E-state index in [0.717, 1.165) is 6.42 Å². The maximum Gasteiger partial charge on any atom is 0.340 e. The van der Waals surface area contributed by atoms with Gasteiger partial charge in [-0.25, -0.2) is 4.79 Å². The molecule has 4 heteroatoms. The van der Waals surface area contributed by atoms with Crippen molar-refractivity contribution < 1.29 is 9.53 Å². The molecule has 0 bridgehead atoms. The fraction of sp³-hybridized carbons (Fsp3) is 0.462. The Morgan fingerprint density at radius 2 is 2.06 bits per heavy atom. The summed E-state index contributed by atoms with van der Waals surface area (Å²) in [6, 6.07) is 4.93. The molecular weight excluding hydrogens is 238 g/mol. The normalized spacial score (nSPS) is 11.3. The van der Waals surface area contributed by atoms with Gasteiger partial charge in [0.05, 0.1) is 22.9 Å². The Balaban J connectivity index is 2.62. The molecule has 0 heterocycles. The third-order valence-electron chi connectivity index (χ3n) is 2.36. The fourth-order valence-corrected chi connectivity index (χ4v) is 1.42. The van der Waals surface area contributed by atoms with Gasteiger partial charge in [-0.1, -0.05) is 38.4 Å². The molecule has 1 rings (SSSR count). The molecule has 0 saturated carbocycles. The summed E-state index contributed by atoms with van der Waals surface area (Å²) in [5, 5.41) is 0.371. The van der Waals surface area contributed by atoms with Gasteiger partial charge < -0.3 is 10.5 Å². The van der Waals surface area contributed by atoms with Crippen molar-refractivity contribution in [3.63, 3.8) is 0 Å². The third kappa shape index (κ3) is 4.27. The van der Waals surface area contributed by atoms with Gasteiger partial charge in [0.15, 0.2) is 0 Å². The van der Waals surface area contributed by atoms with E-state index in [0.29, 0.717) is 17.2 Å². The maximum absolute atomic E-state index is 11.7. The maximum atomic E-state index is 11.7. The van der Waals surface area contributed by atoms with Crippen LogP contribution in [0.3, 0.4) is 0 Å². The van der Waals surface area contributed by atoms with Gasteiger partial charge in [-0.05, 0) is 24.0 Å². The molecule has 0 unspecified atom stereocenters. The molecule has 0 aliphatic rings. The monoisotopic (exact) mass is 255 g/mol. The van der Waals surface area contributed by atoms with Crippen LogP contribution in [-0.4, -0.2) is 12.6 Å². The Morgan fingerprint density at radius 1 is 1.41 bits per heavy atom. The summed E-state index contributed by atoms with van der Waals surface area (Å²) in [5.41, 5.74) is 6.45. The van der Waals surface area contributed by atoms with Crippen LogP contribution in [-0.2, 0) is 4.74 Å². The number of hydrogen-bond acceptors (Lipinski definition) is 3. The van der Waals surface area contributed by atoms with Crippen LogP contribution in [0.15, 0.2) is 18.2 Å². The molecule has 1 aromatic carbocycles. The van der Waals surface area contributed by atoms with Crippen LogP contribution in [0.2, 0.25) is 5.02 Å². The Hall–Kier alpha value is -1.22. The van der Waals surface area contributed by atoms with Crippen LogP contribution in [0, 0.1) is 5.41 Å². The predicted molar refractivity (Wildman–Crippen MR) is 70.2 cm³/mol. The number of anilines is 1. The first-order chi connectivity index (χ1) is 7.81. The zero-order valence-electron chi connectivity index (χ0n) is 10.4. The standard InChI is InChI=1S/C13H18ClNO2/c1-13(2,3)7-8-17-12(16)9-5-4-6-10(14)11(9)15/h4-6H,7-8,15H2,1-3H3. The summed E-state index contributed by atoms with van der Waals surface area (Å²) in [6.07, 6.45) is 0.805. The molecule has 2 N–H and O–H groups in total. The lowest BCUT2D eigenvalue weighted by atomic mass is 9.93. The number of benzene rings is 1. The number of carbonyl (C=O) groups is 1. The highest BCUT2D eigenvalue weighted by atomic mass is 35.5. The first-order valence-corrected chi connectivity index (χ1v) is 5.90. The molecular formula is C13H18ClNO2. The highest BCUT2D eigenvalue weighted by Gasteiger charge is 2.15. The van der Waals surface area contributed by atoms with Gasteiger partial charge in [0.2, 0.25) is 0 Å². The van der Waals surface area contributed by atoms with Gasteiger partial charge in [-0.15, -0.1) is 0 Å². The van der Waals surface area contributed by atoms with Crippen molar-refractivity contribution >= 4 is 23.3 Å². The molecule has 0 spiro atoms. The van der Waals surface area contributed by atoms with Crippen LogP contribution in [0.5, 0.6) is 0 Å². The molecule has 17 heavy (non-hydrogen) atoms. The van der Waals surface area contributed by atoms with Crippen molar-refractivity contribution in [3.8, 4) is 0 Å². The number of hydrogen-bond donors (Lipinski definition) is 1. The fourth-order valence-electron chi connectivity index (χ4n) is 1.24. The second kappa shape index (κ2) is 5.41. The van der Waals surface area contributed by atoms with Crippen LogP contribution in [0.4, 0.5) is 5.69 Å². The lowest BCUT2D eigenvalue weighted by Gasteiger charge is -2.17. The number of ether oxygens (including phenoxy) is 1. The highest BCUT2D eigenvalue weighted by Crippen LogP contribution is 2.23. The van der Waals surface area contributed by atoms with E-state index in [1.807, 2.05) is 0 Å². The number of para-hydroxylation sites is 1. The zero-order chi connectivity index (χ0) is 13.1. The van der Waals surface area contributed by atoms with E-state index >= 15 is 0 Å². The molecule has 3 nitrogen and oxygen atoms in total. The summed E-state index contributed by atoms with van der Waals surface area (Å²) in [5.74, 6) is -0.422. The molecule has 1 aromatic rings. The minimum atomic E-state index is -0.422. The van der Waals surface area contributed by atoms with Crippen LogP contribution in [0.25, 0.3) is 0 Å².